The highest BCUT2D eigenvalue weighted by Gasteiger charge is 2.17. The lowest BCUT2D eigenvalue weighted by molar-refractivity contribution is -0.131. The van der Waals surface area contributed by atoms with E-state index in [9.17, 15) is 9.59 Å². The van der Waals surface area contributed by atoms with Crippen molar-refractivity contribution in [1.82, 2.24) is 4.98 Å². The summed E-state index contributed by atoms with van der Waals surface area (Å²) < 4.78 is 0. The predicted molar refractivity (Wildman–Crippen MR) is 57.7 cm³/mol. The van der Waals surface area contributed by atoms with Gasteiger partial charge in [-0.15, -0.1) is 0 Å². The van der Waals surface area contributed by atoms with Gasteiger partial charge < -0.3 is 10.0 Å². The van der Waals surface area contributed by atoms with Crippen molar-refractivity contribution in [3.8, 4) is 0 Å². The fourth-order valence-corrected chi connectivity index (χ4v) is 1.78. The summed E-state index contributed by atoms with van der Waals surface area (Å²) in [5.41, 5.74) is 0.121. The zero-order valence-corrected chi connectivity index (χ0v) is 8.72. The summed E-state index contributed by atoms with van der Waals surface area (Å²) in [6.45, 7) is 1.94. The zero-order valence-electron chi connectivity index (χ0n) is 8.72. The van der Waals surface area contributed by atoms with Gasteiger partial charge in [-0.25, -0.2) is 9.78 Å². The highest BCUT2D eigenvalue weighted by atomic mass is 16.4. The van der Waals surface area contributed by atoms with Crippen molar-refractivity contribution in [3.63, 3.8) is 0 Å². The number of anilines is 1. The van der Waals surface area contributed by atoms with E-state index in [1.807, 2.05) is 0 Å². The Labute approximate surface area is 92.7 Å². The van der Waals surface area contributed by atoms with Crippen molar-refractivity contribution in [1.29, 1.82) is 0 Å². The second-order valence-corrected chi connectivity index (χ2v) is 3.73. The average Bonchev–Trinajstić information content (AvgIpc) is 2.81. The Morgan fingerprint density at radius 3 is 2.44 bits per heavy atom. The Balaban J connectivity index is 2.15. The molecule has 1 aliphatic rings. The minimum atomic E-state index is -1.45. The van der Waals surface area contributed by atoms with E-state index in [-0.39, 0.29) is 5.56 Å². The smallest absolute Gasteiger partial charge is 0.377 e. The number of carbonyl (C=O) groups is 2. The number of nitrogens with zero attached hydrogens (tertiary/aromatic N) is 2. The molecular formula is C11H12N2O3. The summed E-state index contributed by atoms with van der Waals surface area (Å²) in [6, 6.07) is 3.21. The van der Waals surface area contributed by atoms with E-state index in [0.717, 1.165) is 31.7 Å². The molecule has 0 bridgehead atoms. The van der Waals surface area contributed by atoms with Crippen LogP contribution < -0.4 is 4.90 Å². The van der Waals surface area contributed by atoms with Gasteiger partial charge in [0, 0.05) is 24.8 Å². The summed E-state index contributed by atoms with van der Waals surface area (Å²) in [7, 11) is 0. The molecule has 1 fully saturated rings. The van der Waals surface area contributed by atoms with E-state index in [0.29, 0.717) is 0 Å². The number of carbonyl (C=O) groups excluding carboxylic acids is 1. The number of carboxylic acid groups (broad SMARTS) is 1. The highest BCUT2D eigenvalue weighted by Crippen LogP contribution is 2.17. The van der Waals surface area contributed by atoms with Crippen LogP contribution in [0.4, 0.5) is 5.82 Å². The maximum atomic E-state index is 11.1. The zero-order chi connectivity index (χ0) is 11.5. The molecule has 0 radical (unpaired) electrons. The van der Waals surface area contributed by atoms with Gasteiger partial charge >= 0.3 is 5.97 Å². The molecule has 1 aromatic rings. The van der Waals surface area contributed by atoms with Gasteiger partial charge in [-0.2, -0.15) is 0 Å². The predicted octanol–water partition coefficient (Wildman–Crippen LogP) is 0.949. The topological polar surface area (TPSA) is 70.5 Å². The number of aliphatic carboxylic acids is 1. The van der Waals surface area contributed by atoms with Crippen LogP contribution in [0.15, 0.2) is 18.3 Å². The van der Waals surface area contributed by atoms with E-state index in [4.69, 9.17) is 5.11 Å². The van der Waals surface area contributed by atoms with Gasteiger partial charge in [-0.05, 0) is 25.0 Å². The fourth-order valence-electron chi connectivity index (χ4n) is 1.78. The highest BCUT2D eigenvalue weighted by molar-refractivity contribution is 6.39. The summed E-state index contributed by atoms with van der Waals surface area (Å²) in [5, 5.41) is 8.53. The molecule has 0 atom stereocenters. The SMILES string of the molecule is O=C(O)C(=O)c1ccc(N2CCCC2)nc1. The van der Waals surface area contributed by atoms with Gasteiger partial charge in [-0.3, -0.25) is 4.79 Å². The van der Waals surface area contributed by atoms with Crippen LogP contribution in [0.3, 0.4) is 0 Å². The Bertz CT molecular complexity index is 408. The van der Waals surface area contributed by atoms with Crippen LogP contribution in [0.1, 0.15) is 23.2 Å². The molecule has 0 spiro atoms. The third-order valence-corrected chi connectivity index (χ3v) is 2.63. The van der Waals surface area contributed by atoms with Crippen LogP contribution in [0.2, 0.25) is 0 Å². The lowest BCUT2D eigenvalue weighted by atomic mass is 10.2. The first kappa shape index (κ1) is 10.6. The van der Waals surface area contributed by atoms with Gasteiger partial charge in [0.1, 0.15) is 5.82 Å². The molecule has 0 aliphatic carbocycles. The summed E-state index contributed by atoms with van der Waals surface area (Å²) in [5.74, 6) is -1.56. The van der Waals surface area contributed by atoms with Crippen LogP contribution >= 0.6 is 0 Å². The molecule has 84 valence electrons. The number of rotatable bonds is 3. The molecule has 1 N–H and O–H groups in total. The second-order valence-electron chi connectivity index (χ2n) is 3.73. The third kappa shape index (κ3) is 2.03. The molecule has 5 nitrogen and oxygen atoms in total. The Kier molecular flexibility index (Phi) is 2.85. The largest absolute Gasteiger partial charge is 0.475 e. The van der Waals surface area contributed by atoms with Gasteiger partial charge in [0.25, 0.3) is 5.78 Å². The fraction of sp³-hybridized carbons (Fsp3) is 0.364. The summed E-state index contributed by atoms with van der Waals surface area (Å²) in [6.07, 6.45) is 3.62. The molecule has 1 aliphatic heterocycles. The molecule has 0 aromatic carbocycles. The number of aromatic nitrogens is 1. The van der Waals surface area contributed by atoms with E-state index in [1.165, 1.54) is 12.3 Å². The molecule has 0 unspecified atom stereocenters. The number of hydrogen-bond acceptors (Lipinski definition) is 4. The number of ketones is 1. The molecular weight excluding hydrogens is 208 g/mol. The molecule has 1 saturated heterocycles. The normalized spacial score (nSPS) is 15.1. The maximum absolute atomic E-state index is 11.1. The summed E-state index contributed by atoms with van der Waals surface area (Å²) >= 11 is 0. The second kappa shape index (κ2) is 4.30. The molecule has 0 amide bonds. The lowest BCUT2D eigenvalue weighted by Gasteiger charge is -2.15. The van der Waals surface area contributed by atoms with Crippen molar-refractivity contribution in [2.45, 2.75) is 12.8 Å². The van der Waals surface area contributed by atoms with Gasteiger partial charge in [-0.1, -0.05) is 0 Å². The van der Waals surface area contributed by atoms with E-state index < -0.39 is 11.8 Å². The Hall–Kier alpha value is -1.91. The number of Topliss-reactive ketones (excluding diaryl/α,β-unsaturated/α-hetero) is 1. The van der Waals surface area contributed by atoms with Crippen LogP contribution in [-0.4, -0.2) is 34.9 Å². The molecule has 5 heteroatoms. The van der Waals surface area contributed by atoms with Gasteiger partial charge in [0.05, 0.1) is 0 Å². The monoisotopic (exact) mass is 220 g/mol. The van der Waals surface area contributed by atoms with Crippen molar-refractivity contribution in [3.05, 3.63) is 23.9 Å². The molecule has 1 aromatic heterocycles. The van der Waals surface area contributed by atoms with E-state index in [2.05, 4.69) is 9.88 Å². The Morgan fingerprint density at radius 1 is 1.25 bits per heavy atom. The van der Waals surface area contributed by atoms with Crippen LogP contribution in [-0.2, 0) is 4.79 Å². The van der Waals surface area contributed by atoms with Crippen molar-refractivity contribution >= 4 is 17.6 Å². The van der Waals surface area contributed by atoms with Crippen LogP contribution in [0.25, 0.3) is 0 Å². The minimum absolute atomic E-state index is 0.121. The number of pyridine rings is 1. The van der Waals surface area contributed by atoms with E-state index >= 15 is 0 Å². The van der Waals surface area contributed by atoms with Crippen LogP contribution in [0, 0.1) is 0 Å². The first-order valence-electron chi connectivity index (χ1n) is 5.17. The van der Waals surface area contributed by atoms with Gasteiger partial charge in [0.2, 0.25) is 0 Å². The van der Waals surface area contributed by atoms with Crippen molar-refractivity contribution in [2.24, 2.45) is 0 Å². The molecule has 16 heavy (non-hydrogen) atoms. The van der Waals surface area contributed by atoms with Crippen molar-refractivity contribution < 1.29 is 14.7 Å². The number of hydrogen-bond donors (Lipinski definition) is 1. The van der Waals surface area contributed by atoms with Gasteiger partial charge in [0.15, 0.2) is 0 Å². The standard InChI is InChI=1S/C11H12N2O3/c14-10(11(15)16)8-3-4-9(12-7-8)13-5-1-2-6-13/h3-4,7H,1-2,5-6H2,(H,15,16). The Morgan fingerprint density at radius 2 is 1.94 bits per heavy atom. The molecule has 0 saturated carbocycles. The minimum Gasteiger partial charge on any atom is -0.475 e. The first-order chi connectivity index (χ1) is 7.68. The number of carboxylic acids is 1. The van der Waals surface area contributed by atoms with E-state index in [1.54, 1.807) is 6.07 Å². The third-order valence-electron chi connectivity index (χ3n) is 2.63. The molecule has 2 heterocycles. The van der Waals surface area contributed by atoms with Crippen molar-refractivity contribution in [2.75, 3.05) is 18.0 Å². The first-order valence-corrected chi connectivity index (χ1v) is 5.17. The van der Waals surface area contributed by atoms with Crippen LogP contribution in [0.5, 0.6) is 0 Å². The summed E-state index contributed by atoms with van der Waals surface area (Å²) in [4.78, 5) is 27.8. The maximum Gasteiger partial charge on any atom is 0.377 e. The average molecular weight is 220 g/mol. The quantitative estimate of drug-likeness (QED) is 0.606. The molecule has 2 rings (SSSR count). The lowest BCUT2D eigenvalue weighted by Crippen LogP contribution is -2.19.